The van der Waals surface area contributed by atoms with Crippen molar-refractivity contribution in [3.63, 3.8) is 0 Å². The Kier molecular flexibility index (Phi) is 4.02. The third-order valence-corrected chi connectivity index (χ3v) is 2.99. The van der Waals surface area contributed by atoms with Gasteiger partial charge in [0, 0.05) is 25.7 Å². The molecule has 0 amide bonds. The zero-order valence-electron chi connectivity index (χ0n) is 8.34. The summed E-state index contributed by atoms with van der Waals surface area (Å²) in [6.45, 7) is 13.0. The molecule has 1 fully saturated rings. The summed E-state index contributed by atoms with van der Waals surface area (Å²) in [6.07, 6.45) is 1.27. The SMILES string of the molecule is [CH2]CN1CCNCC1C(C)CC. The third-order valence-electron chi connectivity index (χ3n) is 2.99. The van der Waals surface area contributed by atoms with Gasteiger partial charge >= 0.3 is 0 Å². The quantitative estimate of drug-likeness (QED) is 0.681. The van der Waals surface area contributed by atoms with Crippen molar-refractivity contribution in [2.24, 2.45) is 5.92 Å². The van der Waals surface area contributed by atoms with Crippen LogP contribution in [0.2, 0.25) is 0 Å². The highest BCUT2D eigenvalue weighted by Gasteiger charge is 2.24. The average Bonchev–Trinajstić information content (AvgIpc) is 2.16. The maximum Gasteiger partial charge on any atom is 0.0246 e. The largest absolute Gasteiger partial charge is 0.314 e. The average molecular weight is 169 g/mol. The molecule has 0 aromatic rings. The van der Waals surface area contributed by atoms with Crippen LogP contribution in [0.25, 0.3) is 0 Å². The van der Waals surface area contributed by atoms with Gasteiger partial charge in [-0.2, -0.15) is 0 Å². The molecule has 1 aliphatic rings. The molecule has 2 nitrogen and oxygen atoms in total. The lowest BCUT2D eigenvalue weighted by Gasteiger charge is -2.38. The predicted octanol–water partition coefficient (Wildman–Crippen LogP) is 1.14. The molecule has 2 unspecified atom stereocenters. The lowest BCUT2D eigenvalue weighted by molar-refractivity contribution is 0.129. The second kappa shape index (κ2) is 4.83. The number of rotatable bonds is 3. The lowest BCUT2D eigenvalue weighted by Crippen LogP contribution is -2.53. The zero-order valence-corrected chi connectivity index (χ0v) is 8.34. The van der Waals surface area contributed by atoms with E-state index in [0.717, 1.165) is 25.6 Å². The van der Waals surface area contributed by atoms with Gasteiger partial charge in [-0.25, -0.2) is 0 Å². The van der Waals surface area contributed by atoms with Crippen LogP contribution in [-0.4, -0.2) is 37.1 Å². The van der Waals surface area contributed by atoms with Gasteiger partial charge < -0.3 is 5.32 Å². The van der Waals surface area contributed by atoms with Crippen LogP contribution in [0.15, 0.2) is 0 Å². The number of piperazine rings is 1. The van der Waals surface area contributed by atoms with Crippen LogP contribution < -0.4 is 5.32 Å². The first-order valence-corrected chi connectivity index (χ1v) is 5.03. The minimum absolute atomic E-state index is 0.709. The van der Waals surface area contributed by atoms with Crippen LogP contribution in [-0.2, 0) is 0 Å². The van der Waals surface area contributed by atoms with E-state index in [4.69, 9.17) is 0 Å². The summed E-state index contributed by atoms with van der Waals surface area (Å²) in [5.41, 5.74) is 0. The summed E-state index contributed by atoms with van der Waals surface area (Å²) in [5, 5.41) is 3.44. The molecule has 1 heterocycles. The Hall–Kier alpha value is -0.0800. The second-order valence-electron chi connectivity index (χ2n) is 3.69. The van der Waals surface area contributed by atoms with Crippen LogP contribution in [0.1, 0.15) is 20.3 Å². The molecule has 2 heteroatoms. The minimum Gasteiger partial charge on any atom is -0.314 e. The van der Waals surface area contributed by atoms with Gasteiger partial charge in [0.15, 0.2) is 0 Å². The summed E-state index contributed by atoms with van der Waals surface area (Å²) in [6, 6.07) is 0.709. The molecule has 1 rings (SSSR count). The molecule has 1 radical (unpaired) electrons. The Labute approximate surface area is 76.3 Å². The standard InChI is InChI=1S/C10H21N2/c1-4-9(3)10-8-11-6-7-12(10)5-2/h9-11H,2,4-8H2,1,3H3. The maximum absolute atomic E-state index is 3.97. The number of nitrogens with zero attached hydrogens (tertiary/aromatic N) is 1. The van der Waals surface area contributed by atoms with Crippen molar-refractivity contribution in [2.75, 3.05) is 26.2 Å². The van der Waals surface area contributed by atoms with Gasteiger partial charge in [0.1, 0.15) is 0 Å². The van der Waals surface area contributed by atoms with E-state index < -0.39 is 0 Å². The maximum atomic E-state index is 3.97. The molecule has 1 N–H and O–H groups in total. The van der Waals surface area contributed by atoms with Crippen molar-refractivity contribution < 1.29 is 0 Å². The molecule has 0 aromatic heterocycles. The van der Waals surface area contributed by atoms with Crippen molar-refractivity contribution in [3.05, 3.63) is 6.92 Å². The van der Waals surface area contributed by atoms with E-state index in [0.29, 0.717) is 6.04 Å². The summed E-state index contributed by atoms with van der Waals surface area (Å²) in [4.78, 5) is 2.49. The molecule has 1 aliphatic heterocycles. The van der Waals surface area contributed by atoms with Crippen LogP contribution in [0.3, 0.4) is 0 Å². The Morgan fingerprint density at radius 3 is 3.00 bits per heavy atom. The fourth-order valence-electron chi connectivity index (χ4n) is 1.88. The van der Waals surface area contributed by atoms with Gasteiger partial charge in [-0.15, -0.1) is 0 Å². The second-order valence-corrected chi connectivity index (χ2v) is 3.69. The van der Waals surface area contributed by atoms with Gasteiger partial charge in [-0.1, -0.05) is 20.3 Å². The molecule has 0 aliphatic carbocycles. The Morgan fingerprint density at radius 2 is 2.42 bits per heavy atom. The van der Waals surface area contributed by atoms with E-state index >= 15 is 0 Å². The molecule has 12 heavy (non-hydrogen) atoms. The molecule has 0 bridgehead atoms. The van der Waals surface area contributed by atoms with E-state index in [9.17, 15) is 0 Å². The third kappa shape index (κ3) is 2.20. The molecular weight excluding hydrogens is 148 g/mol. The van der Waals surface area contributed by atoms with Crippen LogP contribution in [0, 0.1) is 12.8 Å². The first kappa shape index (κ1) is 10.0. The van der Waals surface area contributed by atoms with E-state index in [1.54, 1.807) is 0 Å². The van der Waals surface area contributed by atoms with Gasteiger partial charge in [0.05, 0.1) is 0 Å². The molecule has 0 spiro atoms. The number of nitrogens with one attached hydrogen (secondary N) is 1. The van der Waals surface area contributed by atoms with Crippen molar-refractivity contribution in [1.29, 1.82) is 0 Å². The predicted molar refractivity (Wildman–Crippen MR) is 53.0 cm³/mol. The van der Waals surface area contributed by atoms with Crippen molar-refractivity contribution in [2.45, 2.75) is 26.3 Å². The summed E-state index contributed by atoms with van der Waals surface area (Å²) >= 11 is 0. The van der Waals surface area contributed by atoms with Crippen LogP contribution in [0.5, 0.6) is 0 Å². The summed E-state index contributed by atoms with van der Waals surface area (Å²) < 4.78 is 0. The Balaban J connectivity index is 2.46. The smallest absolute Gasteiger partial charge is 0.0246 e. The topological polar surface area (TPSA) is 15.3 Å². The van der Waals surface area contributed by atoms with Crippen molar-refractivity contribution in [3.8, 4) is 0 Å². The molecule has 71 valence electrons. The molecule has 1 saturated heterocycles. The summed E-state index contributed by atoms with van der Waals surface area (Å²) in [7, 11) is 0. The van der Waals surface area contributed by atoms with E-state index in [1.165, 1.54) is 13.0 Å². The minimum atomic E-state index is 0.709. The fourth-order valence-corrected chi connectivity index (χ4v) is 1.88. The number of hydrogen-bond donors (Lipinski definition) is 1. The lowest BCUT2D eigenvalue weighted by atomic mass is 9.96. The van der Waals surface area contributed by atoms with Gasteiger partial charge in [-0.05, 0) is 19.4 Å². The van der Waals surface area contributed by atoms with Gasteiger partial charge in [0.2, 0.25) is 0 Å². The van der Waals surface area contributed by atoms with Crippen molar-refractivity contribution >= 4 is 0 Å². The van der Waals surface area contributed by atoms with Gasteiger partial charge in [0.25, 0.3) is 0 Å². The molecule has 0 saturated carbocycles. The molecule has 0 aromatic carbocycles. The first-order valence-electron chi connectivity index (χ1n) is 5.03. The Bertz CT molecular complexity index is 125. The van der Waals surface area contributed by atoms with Crippen molar-refractivity contribution in [1.82, 2.24) is 10.2 Å². The number of hydrogen-bond acceptors (Lipinski definition) is 2. The van der Waals surface area contributed by atoms with Gasteiger partial charge in [-0.3, -0.25) is 4.90 Å². The molecule has 2 atom stereocenters. The normalized spacial score (nSPS) is 28.8. The van der Waals surface area contributed by atoms with E-state index in [1.807, 2.05) is 0 Å². The van der Waals surface area contributed by atoms with E-state index in [-0.39, 0.29) is 0 Å². The first-order chi connectivity index (χ1) is 5.79. The highest BCUT2D eigenvalue weighted by molar-refractivity contribution is 4.83. The van der Waals surface area contributed by atoms with Crippen LogP contribution in [0.4, 0.5) is 0 Å². The van der Waals surface area contributed by atoms with E-state index in [2.05, 4.69) is 31.0 Å². The Morgan fingerprint density at radius 1 is 1.67 bits per heavy atom. The molecular formula is C10H21N2. The van der Waals surface area contributed by atoms with Crippen LogP contribution >= 0.6 is 0 Å². The fraction of sp³-hybridized carbons (Fsp3) is 0.900. The summed E-state index contributed by atoms with van der Waals surface area (Å²) in [5.74, 6) is 0.791. The zero-order chi connectivity index (χ0) is 8.97. The highest BCUT2D eigenvalue weighted by atomic mass is 15.2. The highest BCUT2D eigenvalue weighted by Crippen LogP contribution is 2.15. The monoisotopic (exact) mass is 169 g/mol.